The SMILES string of the molecule is N#Cc1ccc(Cl)cc1Nc1ccc(N)c2ccncc12. The van der Waals surface area contributed by atoms with Crippen molar-refractivity contribution in [3.05, 3.63) is 59.4 Å². The van der Waals surface area contributed by atoms with Crippen LogP contribution in [0.2, 0.25) is 5.02 Å². The first-order valence-corrected chi connectivity index (χ1v) is 6.66. The zero-order chi connectivity index (χ0) is 14.8. The van der Waals surface area contributed by atoms with Crippen molar-refractivity contribution < 1.29 is 0 Å². The zero-order valence-electron chi connectivity index (χ0n) is 11.0. The summed E-state index contributed by atoms with van der Waals surface area (Å²) in [5, 5.41) is 14.8. The maximum absolute atomic E-state index is 9.18. The summed E-state index contributed by atoms with van der Waals surface area (Å²) < 4.78 is 0. The largest absolute Gasteiger partial charge is 0.398 e. The van der Waals surface area contributed by atoms with Gasteiger partial charge in [-0.1, -0.05) is 11.6 Å². The molecule has 3 rings (SSSR count). The van der Waals surface area contributed by atoms with Crippen LogP contribution in [0.25, 0.3) is 10.8 Å². The summed E-state index contributed by atoms with van der Waals surface area (Å²) in [5.74, 6) is 0. The van der Waals surface area contributed by atoms with Gasteiger partial charge in [-0.05, 0) is 36.4 Å². The molecule has 1 aromatic heterocycles. The highest BCUT2D eigenvalue weighted by Crippen LogP contribution is 2.31. The molecule has 2 aromatic carbocycles. The van der Waals surface area contributed by atoms with Crippen molar-refractivity contribution >= 4 is 39.4 Å². The highest BCUT2D eigenvalue weighted by Gasteiger charge is 2.08. The second-order valence-electron chi connectivity index (χ2n) is 4.55. The highest BCUT2D eigenvalue weighted by atomic mass is 35.5. The number of nitrogen functional groups attached to an aromatic ring is 1. The van der Waals surface area contributed by atoms with Crippen molar-refractivity contribution in [2.24, 2.45) is 0 Å². The van der Waals surface area contributed by atoms with Gasteiger partial charge in [-0.15, -0.1) is 0 Å². The van der Waals surface area contributed by atoms with Gasteiger partial charge in [-0.3, -0.25) is 4.98 Å². The minimum absolute atomic E-state index is 0.522. The van der Waals surface area contributed by atoms with Crippen LogP contribution in [0.3, 0.4) is 0 Å². The Balaban J connectivity index is 2.13. The molecule has 1 heterocycles. The molecule has 0 spiro atoms. The van der Waals surface area contributed by atoms with Gasteiger partial charge >= 0.3 is 0 Å². The van der Waals surface area contributed by atoms with Gasteiger partial charge < -0.3 is 11.1 Å². The number of benzene rings is 2. The summed E-state index contributed by atoms with van der Waals surface area (Å²) in [6.45, 7) is 0. The number of nitrogens with one attached hydrogen (secondary N) is 1. The Hall–Kier alpha value is -2.77. The minimum atomic E-state index is 0.522. The van der Waals surface area contributed by atoms with Crippen LogP contribution in [0.1, 0.15) is 5.56 Å². The summed E-state index contributed by atoms with van der Waals surface area (Å²) in [6, 6.07) is 12.8. The van der Waals surface area contributed by atoms with Crippen LogP contribution in [0.15, 0.2) is 48.8 Å². The van der Waals surface area contributed by atoms with Crippen LogP contribution in [0.4, 0.5) is 17.1 Å². The Morgan fingerprint density at radius 2 is 1.95 bits per heavy atom. The first-order chi connectivity index (χ1) is 10.2. The van der Waals surface area contributed by atoms with Crippen molar-refractivity contribution in [3.63, 3.8) is 0 Å². The van der Waals surface area contributed by atoms with Gasteiger partial charge in [0.1, 0.15) is 6.07 Å². The third kappa shape index (κ3) is 2.47. The van der Waals surface area contributed by atoms with Crippen molar-refractivity contribution in [1.29, 1.82) is 5.26 Å². The minimum Gasteiger partial charge on any atom is -0.398 e. The zero-order valence-corrected chi connectivity index (χ0v) is 11.7. The number of rotatable bonds is 2. The quantitative estimate of drug-likeness (QED) is 0.698. The standard InChI is InChI=1S/C16H11ClN4/c17-11-2-1-10(8-18)16(7-11)21-15-4-3-14(19)12-5-6-20-9-13(12)15/h1-7,9,21H,19H2. The van der Waals surface area contributed by atoms with Crippen LogP contribution in [0.5, 0.6) is 0 Å². The number of pyridine rings is 1. The van der Waals surface area contributed by atoms with Crippen LogP contribution in [-0.2, 0) is 0 Å². The summed E-state index contributed by atoms with van der Waals surface area (Å²) in [5.41, 5.74) is 8.65. The number of nitrogens with two attached hydrogens (primary N) is 1. The van der Waals surface area contributed by atoms with Crippen LogP contribution in [0, 0.1) is 11.3 Å². The molecule has 0 radical (unpaired) electrons. The lowest BCUT2D eigenvalue weighted by Crippen LogP contribution is -1.96. The van der Waals surface area contributed by atoms with Crippen LogP contribution in [-0.4, -0.2) is 4.98 Å². The second kappa shape index (κ2) is 5.31. The molecule has 0 unspecified atom stereocenters. The van der Waals surface area contributed by atoms with E-state index in [4.69, 9.17) is 17.3 Å². The van der Waals surface area contributed by atoms with Gasteiger partial charge in [0.25, 0.3) is 0 Å². The number of halogens is 1. The molecule has 4 nitrogen and oxygen atoms in total. The molecule has 0 saturated heterocycles. The fourth-order valence-corrected chi connectivity index (χ4v) is 2.36. The lowest BCUT2D eigenvalue weighted by Gasteiger charge is -2.12. The van der Waals surface area contributed by atoms with Crippen molar-refractivity contribution in [2.75, 3.05) is 11.1 Å². The third-order valence-corrected chi connectivity index (χ3v) is 3.46. The molecule has 21 heavy (non-hydrogen) atoms. The number of hydrogen-bond acceptors (Lipinski definition) is 4. The molecule has 0 saturated carbocycles. The molecule has 0 bridgehead atoms. The van der Waals surface area contributed by atoms with Gasteiger partial charge in [0.15, 0.2) is 0 Å². The van der Waals surface area contributed by atoms with Crippen LogP contribution >= 0.6 is 11.6 Å². The molecule has 0 amide bonds. The van der Waals surface area contributed by atoms with E-state index in [0.29, 0.717) is 22.0 Å². The second-order valence-corrected chi connectivity index (χ2v) is 4.99. The van der Waals surface area contributed by atoms with Crippen molar-refractivity contribution in [2.45, 2.75) is 0 Å². The Bertz CT molecular complexity index is 868. The molecule has 0 aliphatic carbocycles. The Morgan fingerprint density at radius 1 is 1.10 bits per heavy atom. The number of hydrogen-bond donors (Lipinski definition) is 2. The molecule has 0 fully saturated rings. The monoisotopic (exact) mass is 294 g/mol. The van der Waals surface area contributed by atoms with E-state index in [9.17, 15) is 5.26 Å². The number of nitrogens with zero attached hydrogens (tertiary/aromatic N) is 2. The van der Waals surface area contributed by atoms with Gasteiger partial charge in [0, 0.05) is 39.6 Å². The number of fused-ring (bicyclic) bond motifs is 1. The van der Waals surface area contributed by atoms with Gasteiger partial charge in [0.2, 0.25) is 0 Å². The van der Waals surface area contributed by atoms with E-state index in [-0.39, 0.29) is 0 Å². The van der Waals surface area contributed by atoms with Crippen LogP contribution < -0.4 is 11.1 Å². The lowest BCUT2D eigenvalue weighted by molar-refractivity contribution is 1.36. The molecule has 0 aliphatic rings. The molecule has 102 valence electrons. The first-order valence-electron chi connectivity index (χ1n) is 6.28. The predicted octanol–water partition coefficient (Wildman–Crippen LogP) is 4.09. The first kappa shape index (κ1) is 13.2. The maximum Gasteiger partial charge on any atom is 0.101 e. The molecular weight excluding hydrogens is 284 g/mol. The normalized spacial score (nSPS) is 10.3. The third-order valence-electron chi connectivity index (χ3n) is 3.22. The molecule has 5 heteroatoms. The molecule has 3 aromatic rings. The topological polar surface area (TPSA) is 74.7 Å². The van der Waals surface area contributed by atoms with E-state index in [1.807, 2.05) is 18.2 Å². The molecule has 0 atom stereocenters. The Kier molecular flexibility index (Phi) is 3.35. The van der Waals surface area contributed by atoms with E-state index in [1.54, 1.807) is 30.6 Å². The average molecular weight is 295 g/mol. The Morgan fingerprint density at radius 3 is 2.76 bits per heavy atom. The maximum atomic E-state index is 9.18. The number of aromatic nitrogens is 1. The predicted molar refractivity (Wildman–Crippen MR) is 85.6 cm³/mol. The Labute approximate surface area is 126 Å². The summed E-state index contributed by atoms with van der Waals surface area (Å²) in [6.07, 6.45) is 3.44. The van der Waals surface area contributed by atoms with Gasteiger partial charge in [0.05, 0.1) is 11.3 Å². The summed E-state index contributed by atoms with van der Waals surface area (Å²) in [7, 11) is 0. The van der Waals surface area contributed by atoms with Crippen molar-refractivity contribution in [1.82, 2.24) is 4.98 Å². The molecule has 0 aliphatic heterocycles. The number of nitriles is 1. The van der Waals surface area contributed by atoms with E-state index >= 15 is 0 Å². The fraction of sp³-hybridized carbons (Fsp3) is 0. The van der Waals surface area contributed by atoms with E-state index in [2.05, 4.69) is 16.4 Å². The fourth-order valence-electron chi connectivity index (χ4n) is 2.18. The van der Waals surface area contributed by atoms with Gasteiger partial charge in [-0.25, -0.2) is 0 Å². The summed E-state index contributed by atoms with van der Waals surface area (Å²) >= 11 is 6.00. The highest BCUT2D eigenvalue weighted by molar-refractivity contribution is 6.31. The van der Waals surface area contributed by atoms with E-state index in [1.165, 1.54) is 0 Å². The smallest absolute Gasteiger partial charge is 0.101 e. The van der Waals surface area contributed by atoms with Crippen molar-refractivity contribution in [3.8, 4) is 6.07 Å². The van der Waals surface area contributed by atoms with E-state index < -0.39 is 0 Å². The van der Waals surface area contributed by atoms with E-state index in [0.717, 1.165) is 16.5 Å². The lowest BCUT2D eigenvalue weighted by atomic mass is 10.1. The van der Waals surface area contributed by atoms with Gasteiger partial charge in [-0.2, -0.15) is 5.26 Å². The summed E-state index contributed by atoms with van der Waals surface area (Å²) in [4.78, 5) is 4.13. The molecule has 3 N–H and O–H groups in total. The number of anilines is 3. The average Bonchev–Trinajstić information content (AvgIpc) is 2.51. The molecular formula is C16H11ClN4.